The maximum absolute atomic E-state index is 13.7. The zero-order valence-electron chi connectivity index (χ0n) is 22.5. The average Bonchev–Trinajstić information content (AvgIpc) is 3.00. The molecule has 0 heterocycles. The molecule has 0 aromatic heterocycles. The standard InChI is InChI=1S/C34H32NO5/c1-4-26-15-18-31(38-3)22-32(26)33(36)21-27(24-39-23-25-11-7-5-8-12-25)34(37)35(2)28-16-19-30(20-17-28)40-29-13-9-6-10-14-29/h4-20,22,27H,1-2,21,23-24H2,3H3/q+1. The summed E-state index contributed by atoms with van der Waals surface area (Å²) in [6.07, 6.45) is 1.55. The van der Waals surface area contributed by atoms with Crippen LogP contribution >= 0.6 is 0 Å². The maximum atomic E-state index is 13.7. The van der Waals surface area contributed by atoms with Gasteiger partial charge in [-0.15, -0.1) is 4.58 Å². The fraction of sp³-hybridized carbons (Fsp3) is 0.147. The molecule has 0 bridgehead atoms. The molecule has 0 aliphatic heterocycles. The van der Waals surface area contributed by atoms with Gasteiger partial charge in [-0.2, -0.15) is 0 Å². The monoisotopic (exact) mass is 534 g/mol. The summed E-state index contributed by atoms with van der Waals surface area (Å²) in [5, 5.41) is 0. The number of ketones is 1. The summed E-state index contributed by atoms with van der Waals surface area (Å²) in [5.74, 6) is 0.579. The second kappa shape index (κ2) is 13.8. The Hall–Kier alpha value is -4.81. The van der Waals surface area contributed by atoms with E-state index >= 15 is 0 Å². The zero-order chi connectivity index (χ0) is 28.3. The van der Waals surface area contributed by atoms with E-state index in [4.69, 9.17) is 14.2 Å². The molecule has 4 aromatic carbocycles. The van der Waals surface area contributed by atoms with E-state index in [0.29, 0.717) is 40.7 Å². The Morgan fingerprint density at radius 2 is 1.48 bits per heavy atom. The third-order valence-corrected chi connectivity index (χ3v) is 6.39. The molecule has 0 fully saturated rings. The summed E-state index contributed by atoms with van der Waals surface area (Å²) < 4.78 is 18.4. The molecule has 40 heavy (non-hydrogen) atoms. The van der Waals surface area contributed by atoms with Gasteiger partial charge in [0.15, 0.2) is 5.78 Å². The number of hydrogen-bond donors (Lipinski definition) is 0. The van der Waals surface area contributed by atoms with Crippen molar-refractivity contribution in [3.05, 3.63) is 126 Å². The topological polar surface area (TPSA) is 64.8 Å². The minimum absolute atomic E-state index is 0.0497. The number of Topliss-reactive ketones (excluding diaryl/α,β-unsaturated/α-hetero) is 1. The number of hydrogen-bond acceptors (Lipinski definition) is 5. The molecular weight excluding hydrogens is 502 g/mol. The van der Waals surface area contributed by atoms with Crippen LogP contribution in [0.25, 0.3) is 6.08 Å². The van der Waals surface area contributed by atoms with E-state index in [1.54, 1.807) is 48.5 Å². The molecule has 1 amide bonds. The average molecular weight is 535 g/mol. The first-order chi connectivity index (χ1) is 19.5. The first kappa shape index (κ1) is 28.2. The Morgan fingerprint density at radius 1 is 0.850 bits per heavy atom. The van der Waals surface area contributed by atoms with Crippen LogP contribution in [0.1, 0.15) is 27.9 Å². The lowest BCUT2D eigenvalue weighted by atomic mass is 9.94. The highest BCUT2D eigenvalue weighted by molar-refractivity contribution is 6.01. The Morgan fingerprint density at radius 3 is 2.12 bits per heavy atom. The first-order valence-electron chi connectivity index (χ1n) is 12.9. The molecule has 0 aliphatic carbocycles. The van der Waals surface area contributed by atoms with E-state index in [1.165, 1.54) is 11.7 Å². The third kappa shape index (κ3) is 7.40. The molecule has 0 radical (unpaired) electrons. The molecule has 202 valence electrons. The van der Waals surface area contributed by atoms with Gasteiger partial charge in [-0.3, -0.25) is 4.79 Å². The minimum atomic E-state index is -0.766. The molecule has 4 rings (SSSR count). The molecule has 0 spiro atoms. The maximum Gasteiger partial charge on any atom is 0.398 e. The smallest absolute Gasteiger partial charge is 0.398 e. The van der Waals surface area contributed by atoms with Crippen molar-refractivity contribution in [2.75, 3.05) is 13.7 Å². The SMILES string of the molecule is C=Cc1ccc(OC)cc1C(=O)CC(COCc1ccccc1)C(=O)[N+](=C)c1ccc(Oc2ccccc2)cc1. The number of ether oxygens (including phenoxy) is 3. The van der Waals surface area contributed by atoms with Crippen LogP contribution < -0.4 is 9.47 Å². The lowest BCUT2D eigenvalue weighted by Crippen LogP contribution is -2.30. The third-order valence-electron chi connectivity index (χ3n) is 6.39. The molecule has 4 aromatic rings. The lowest BCUT2D eigenvalue weighted by Gasteiger charge is -2.15. The van der Waals surface area contributed by atoms with Crippen LogP contribution in [0.4, 0.5) is 5.69 Å². The second-order valence-corrected chi connectivity index (χ2v) is 9.16. The van der Waals surface area contributed by atoms with Crippen molar-refractivity contribution >= 4 is 30.2 Å². The highest BCUT2D eigenvalue weighted by Gasteiger charge is 2.32. The number of carbonyl (C=O) groups is 2. The summed E-state index contributed by atoms with van der Waals surface area (Å²) in [6, 6.07) is 31.4. The molecule has 1 atom stereocenters. The molecule has 1 unspecified atom stereocenters. The molecule has 0 N–H and O–H groups in total. The van der Waals surface area contributed by atoms with Crippen LogP contribution in [0.2, 0.25) is 0 Å². The number of rotatable bonds is 13. The number of benzene rings is 4. The van der Waals surface area contributed by atoms with Crippen molar-refractivity contribution < 1.29 is 28.4 Å². The minimum Gasteiger partial charge on any atom is -0.497 e. The van der Waals surface area contributed by atoms with Gasteiger partial charge >= 0.3 is 5.91 Å². The van der Waals surface area contributed by atoms with Gasteiger partial charge in [-0.05, 0) is 47.5 Å². The fourth-order valence-electron chi connectivity index (χ4n) is 4.19. The number of methoxy groups -OCH3 is 1. The summed E-state index contributed by atoms with van der Waals surface area (Å²) in [5.41, 5.74) is 2.65. The number of carbonyl (C=O) groups excluding carboxylic acids is 2. The molecular formula is C34H32NO5+. The zero-order valence-corrected chi connectivity index (χ0v) is 22.5. The van der Waals surface area contributed by atoms with Crippen molar-refractivity contribution in [2.24, 2.45) is 5.92 Å². The Balaban J connectivity index is 1.51. The highest BCUT2D eigenvalue weighted by Crippen LogP contribution is 2.26. The van der Waals surface area contributed by atoms with E-state index in [-0.39, 0.29) is 24.7 Å². The largest absolute Gasteiger partial charge is 0.497 e. The summed E-state index contributed by atoms with van der Waals surface area (Å²) >= 11 is 0. The molecule has 6 heteroatoms. The number of nitrogens with zero attached hydrogens (tertiary/aromatic N) is 1. The van der Waals surface area contributed by atoms with E-state index in [2.05, 4.69) is 13.3 Å². The van der Waals surface area contributed by atoms with Crippen molar-refractivity contribution in [1.29, 1.82) is 0 Å². The Labute approximate surface area is 234 Å². The van der Waals surface area contributed by atoms with Crippen LogP contribution in [0, 0.1) is 5.92 Å². The van der Waals surface area contributed by atoms with Gasteiger partial charge < -0.3 is 14.2 Å². The van der Waals surface area contributed by atoms with Gasteiger partial charge in [0.2, 0.25) is 5.69 Å². The first-order valence-corrected chi connectivity index (χ1v) is 12.9. The molecule has 0 saturated carbocycles. The molecule has 0 aliphatic rings. The van der Waals surface area contributed by atoms with Crippen molar-refractivity contribution in [3.8, 4) is 17.2 Å². The van der Waals surface area contributed by atoms with Crippen molar-refractivity contribution in [1.82, 2.24) is 0 Å². The van der Waals surface area contributed by atoms with E-state index in [9.17, 15) is 9.59 Å². The summed E-state index contributed by atoms with van der Waals surface area (Å²) in [6.45, 7) is 8.17. The second-order valence-electron chi connectivity index (χ2n) is 9.16. The van der Waals surface area contributed by atoms with Crippen LogP contribution in [0.15, 0.2) is 110 Å². The predicted octanol–water partition coefficient (Wildman–Crippen LogP) is 7.11. The predicted molar refractivity (Wildman–Crippen MR) is 157 cm³/mol. The van der Waals surface area contributed by atoms with Crippen LogP contribution in [0.3, 0.4) is 0 Å². The summed E-state index contributed by atoms with van der Waals surface area (Å²) in [7, 11) is 1.54. The van der Waals surface area contributed by atoms with Gasteiger partial charge in [0.05, 0.1) is 20.3 Å². The summed E-state index contributed by atoms with van der Waals surface area (Å²) in [4.78, 5) is 27.1. The Bertz CT molecular complexity index is 1460. The van der Waals surface area contributed by atoms with Gasteiger partial charge in [-0.1, -0.05) is 67.3 Å². The van der Waals surface area contributed by atoms with Gasteiger partial charge in [0, 0.05) is 24.1 Å². The van der Waals surface area contributed by atoms with Gasteiger partial charge in [0.1, 0.15) is 29.9 Å². The van der Waals surface area contributed by atoms with Gasteiger partial charge in [0.25, 0.3) is 0 Å². The van der Waals surface area contributed by atoms with Gasteiger partial charge in [-0.25, -0.2) is 4.79 Å². The van der Waals surface area contributed by atoms with Crippen LogP contribution in [-0.2, 0) is 16.1 Å². The number of amides is 1. The number of para-hydroxylation sites is 1. The van der Waals surface area contributed by atoms with Crippen molar-refractivity contribution in [3.63, 3.8) is 0 Å². The lowest BCUT2D eigenvalue weighted by molar-refractivity contribution is -0.365. The fourth-order valence-corrected chi connectivity index (χ4v) is 4.19. The van der Waals surface area contributed by atoms with E-state index in [1.807, 2.05) is 60.7 Å². The van der Waals surface area contributed by atoms with Crippen molar-refractivity contribution in [2.45, 2.75) is 13.0 Å². The molecule has 0 saturated heterocycles. The quantitative estimate of drug-likeness (QED) is 0.104. The van der Waals surface area contributed by atoms with Crippen LogP contribution in [0.5, 0.6) is 17.2 Å². The Kier molecular flexibility index (Phi) is 9.75. The highest BCUT2D eigenvalue weighted by atomic mass is 16.5. The van der Waals surface area contributed by atoms with Crippen LogP contribution in [-0.4, -0.2) is 36.7 Å². The normalized spacial score (nSPS) is 11.3. The van der Waals surface area contributed by atoms with E-state index < -0.39 is 5.92 Å². The van der Waals surface area contributed by atoms with E-state index in [0.717, 1.165) is 5.56 Å². The molecule has 6 nitrogen and oxygen atoms in total.